The fourth-order valence-electron chi connectivity index (χ4n) is 3.41. The van der Waals surface area contributed by atoms with Gasteiger partial charge in [0.05, 0.1) is 6.10 Å². The highest BCUT2D eigenvalue weighted by molar-refractivity contribution is 6.07. The molecular formula is C16H13NO2. The van der Waals surface area contributed by atoms with E-state index in [9.17, 15) is 9.90 Å². The number of aliphatic hydroxyl groups is 1. The van der Waals surface area contributed by atoms with Crippen LogP contribution in [0.25, 0.3) is 0 Å². The van der Waals surface area contributed by atoms with Gasteiger partial charge in [-0.3, -0.25) is 4.79 Å². The molecule has 19 heavy (non-hydrogen) atoms. The number of hydrogen-bond acceptors (Lipinski definition) is 2. The first-order valence-electron chi connectivity index (χ1n) is 6.40. The second kappa shape index (κ2) is 3.45. The van der Waals surface area contributed by atoms with E-state index in [4.69, 9.17) is 0 Å². The van der Waals surface area contributed by atoms with Crippen molar-refractivity contribution in [2.75, 3.05) is 5.32 Å². The van der Waals surface area contributed by atoms with Gasteiger partial charge < -0.3 is 10.4 Å². The molecule has 1 aliphatic carbocycles. The Morgan fingerprint density at radius 3 is 2.68 bits per heavy atom. The number of hydrogen-bond donors (Lipinski definition) is 2. The fourth-order valence-corrected chi connectivity index (χ4v) is 3.41. The summed E-state index contributed by atoms with van der Waals surface area (Å²) in [5.41, 5.74) is 2.81. The number of amides is 1. The first kappa shape index (κ1) is 10.8. The summed E-state index contributed by atoms with van der Waals surface area (Å²) < 4.78 is 0. The number of fused-ring (bicyclic) bond motifs is 3. The number of anilines is 1. The number of carbonyl (C=O) groups is 1. The minimum atomic E-state index is -0.847. The van der Waals surface area contributed by atoms with Gasteiger partial charge in [-0.25, -0.2) is 0 Å². The van der Waals surface area contributed by atoms with Crippen LogP contribution < -0.4 is 5.32 Å². The maximum Gasteiger partial charge on any atom is 0.238 e. The summed E-state index contributed by atoms with van der Waals surface area (Å²) in [7, 11) is 0. The maximum absolute atomic E-state index is 12.5. The first-order valence-corrected chi connectivity index (χ1v) is 6.40. The van der Waals surface area contributed by atoms with Gasteiger partial charge in [0.1, 0.15) is 5.41 Å². The molecule has 2 aromatic carbocycles. The van der Waals surface area contributed by atoms with E-state index in [0.29, 0.717) is 6.42 Å². The molecule has 1 aliphatic heterocycles. The monoisotopic (exact) mass is 251 g/mol. The average molecular weight is 251 g/mol. The fraction of sp³-hybridized carbons (Fsp3) is 0.188. The second-order valence-corrected chi connectivity index (χ2v) is 5.25. The summed E-state index contributed by atoms with van der Waals surface area (Å²) in [6.45, 7) is 0. The van der Waals surface area contributed by atoms with E-state index in [0.717, 1.165) is 22.4 Å². The Morgan fingerprint density at radius 1 is 1.11 bits per heavy atom. The molecule has 1 spiro atoms. The van der Waals surface area contributed by atoms with Gasteiger partial charge in [-0.05, 0) is 29.2 Å². The maximum atomic E-state index is 12.5. The van der Waals surface area contributed by atoms with E-state index >= 15 is 0 Å². The summed E-state index contributed by atoms with van der Waals surface area (Å²) in [5, 5.41) is 13.6. The number of rotatable bonds is 0. The van der Waals surface area contributed by atoms with Crippen LogP contribution in [0.4, 0.5) is 5.69 Å². The summed E-state index contributed by atoms with van der Waals surface area (Å²) in [6.07, 6.45) is -0.208. The Bertz CT molecular complexity index is 695. The van der Waals surface area contributed by atoms with E-state index in [-0.39, 0.29) is 5.91 Å². The molecule has 1 heterocycles. The van der Waals surface area contributed by atoms with Crippen molar-refractivity contribution in [2.24, 2.45) is 0 Å². The van der Waals surface area contributed by atoms with Crippen molar-refractivity contribution in [3.05, 3.63) is 65.2 Å². The van der Waals surface area contributed by atoms with Crippen LogP contribution in [-0.4, -0.2) is 11.0 Å². The highest BCUT2D eigenvalue weighted by Crippen LogP contribution is 2.53. The number of benzene rings is 2. The standard InChI is InChI=1S/C16H13NO2/c18-14-11-6-2-1-5-10(11)9-16(14)12-7-3-4-8-13(12)17-15(16)19/h1-8,14,18H,9H2,(H,17,19)/t14-,16-/m1/s1. The number of aliphatic hydroxyl groups excluding tert-OH is 1. The van der Waals surface area contributed by atoms with Crippen molar-refractivity contribution >= 4 is 11.6 Å². The highest BCUT2D eigenvalue weighted by Gasteiger charge is 2.56. The summed E-state index contributed by atoms with van der Waals surface area (Å²) in [5.74, 6) is -0.0996. The second-order valence-electron chi connectivity index (χ2n) is 5.25. The van der Waals surface area contributed by atoms with Gasteiger partial charge in [0.15, 0.2) is 0 Å². The van der Waals surface area contributed by atoms with Crippen LogP contribution in [0.1, 0.15) is 22.8 Å². The van der Waals surface area contributed by atoms with Gasteiger partial charge in [-0.1, -0.05) is 42.5 Å². The third-order valence-corrected chi connectivity index (χ3v) is 4.35. The van der Waals surface area contributed by atoms with Crippen LogP contribution in [0, 0.1) is 0 Å². The lowest BCUT2D eigenvalue weighted by Gasteiger charge is -2.25. The van der Waals surface area contributed by atoms with Gasteiger partial charge >= 0.3 is 0 Å². The van der Waals surface area contributed by atoms with Crippen LogP contribution in [-0.2, 0) is 16.6 Å². The molecule has 94 valence electrons. The normalized spacial score (nSPS) is 27.2. The molecule has 0 saturated heterocycles. The molecule has 0 unspecified atom stereocenters. The molecule has 3 nitrogen and oxygen atoms in total. The Hall–Kier alpha value is -2.13. The van der Waals surface area contributed by atoms with Crippen molar-refractivity contribution in [2.45, 2.75) is 17.9 Å². The van der Waals surface area contributed by atoms with E-state index in [1.165, 1.54) is 0 Å². The molecular weight excluding hydrogens is 238 g/mol. The molecule has 0 saturated carbocycles. The highest BCUT2D eigenvalue weighted by atomic mass is 16.3. The van der Waals surface area contributed by atoms with Crippen molar-refractivity contribution in [1.29, 1.82) is 0 Å². The molecule has 2 aromatic rings. The Labute approximate surface area is 110 Å². The summed E-state index contributed by atoms with van der Waals surface area (Å²) >= 11 is 0. The van der Waals surface area contributed by atoms with Crippen molar-refractivity contribution in [3.63, 3.8) is 0 Å². The molecule has 0 bridgehead atoms. The van der Waals surface area contributed by atoms with E-state index in [1.807, 2.05) is 48.5 Å². The third kappa shape index (κ3) is 1.18. The SMILES string of the molecule is O=C1Nc2ccccc2[C@@]12Cc1ccccc1[C@H]2O. The van der Waals surface area contributed by atoms with Gasteiger partial charge in [0.2, 0.25) is 5.91 Å². The van der Waals surface area contributed by atoms with Crippen LogP contribution in [0.5, 0.6) is 0 Å². The Balaban J connectivity index is 1.96. The minimum Gasteiger partial charge on any atom is -0.387 e. The molecule has 3 heteroatoms. The number of para-hydroxylation sites is 1. The van der Waals surface area contributed by atoms with E-state index < -0.39 is 11.5 Å². The zero-order valence-electron chi connectivity index (χ0n) is 10.3. The van der Waals surface area contributed by atoms with E-state index in [1.54, 1.807) is 0 Å². The van der Waals surface area contributed by atoms with Crippen molar-refractivity contribution in [1.82, 2.24) is 0 Å². The van der Waals surface area contributed by atoms with Crippen LogP contribution in [0.2, 0.25) is 0 Å². The van der Waals surface area contributed by atoms with Crippen LogP contribution in [0.3, 0.4) is 0 Å². The lowest BCUT2D eigenvalue weighted by Crippen LogP contribution is -2.38. The van der Waals surface area contributed by atoms with Gasteiger partial charge in [0, 0.05) is 5.69 Å². The minimum absolute atomic E-state index is 0.0996. The zero-order chi connectivity index (χ0) is 13.0. The number of carbonyl (C=O) groups excluding carboxylic acids is 1. The smallest absolute Gasteiger partial charge is 0.238 e. The Kier molecular flexibility index (Phi) is 1.96. The Morgan fingerprint density at radius 2 is 1.84 bits per heavy atom. The predicted octanol–water partition coefficient (Wildman–Crippen LogP) is 2.17. The lowest BCUT2D eigenvalue weighted by molar-refractivity contribution is -0.124. The van der Waals surface area contributed by atoms with Gasteiger partial charge in [-0.2, -0.15) is 0 Å². The first-order chi connectivity index (χ1) is 9.23. The molecule has 4 rings (SSSR count). The predicted molar refractivity (Wildman–Crippen MR) is 71.9 cm³/mol. The molecule has 0 radical (unpaired) electrons. The number of nitrogens with one attached hydrogen (secondary N) is 1. The molecule has 0 fully saturated rings. The van der Waals surface area contributed by atoms with Crippen LogP contribution >= 0.6 is 0 Å². The molecule has 2 atom stereocenters. The summed E-state index contributed by atoms with van der Waals surface area (Å²) in [6, 6.07) is 15.4. The zero-order valence-corrected chi connectivity index (χ0v) is 10.3. The van der Waals surface area contributed by atoms with Crippen molar-refractivity contribution < 1.29 is 9.90 Å². The van der Waals surface area contributed by atoms with Gasteiger partial charge in [-0.15, -0.1) is 0 Å². The molecule has 0 aromatic heterocycles. The molecule has 2 aliphatic rings. The average Bonchev–Trinajstić information content (AvgIpc) is 2.89. The van der Waals surface area contributed by atoms with Crippen molar-refractivity contribution in [3.8, 4) is 0 Å². The van der Waals surface area contributed by atoms with Crippen LogP contribution in [0.15, 0.2) is 48.5 Å². The summed E-state index contributed by atoms with van der Waals surface area (Å²) in [4.78, 5) is 12.5. The molecule has 2 N–H and O–H groups in total. The van der Waals surface area contributed by atoms with Gasteiger partial charge in [0.25, 0.3) is 0 Å². The van der Waals surface area contributed by atoms with E-state index in [2.05, 4.69) is 5.32 Å². The molecule has 1 amide bonds. The quantitative estimate of drug-likeness (QED) is 0.754. The topological polar surface area (TPSA) is 49.3 Å². The largest absolute Gasteiger partial charge is 0.387 e. The third-order valence-electron chi connectivity index (χ3n) is 4.35. The lowest BCUT2D eigenvalue weighted by atomic mass is 9.77.